The van der Waals surface area contributed by atoms with Crippen molar-refractivity contribution in [1.82, 2.24) is 38.9 Å². The fraction of sp³-hybridized carbons (Fsp3) is 0.391. The molecule has 4 aromatic heterocycles. The first kappa shape index (κ1) is 21.9. The summed E-state index contributed by atoms with van der Waals surface area (Å²) in [7, 11) is -1.21. The van der Waals surface area contributed by atoms with Crippen molar-refractivity contribution in [3.05, 3.63) is 54.9 Å². The third-order valence-corrected chi connectivity index (χ3v) is 7.57. The van der Waals surface area contributed by atoms with E-state index in [4.69, 9.17) is 0 Å². The van der Waals surface area contributed by atoms with Crippen LogP contribution in [0, 0.1) is 6.92 Å². The van der Waals surface area contributed by atoms with E-state index in [1.807, 2.05) is 47.9 Å². The molecule has 33 heavy (non-hydrogen) atoms. The zero-order chi connectivity index (χ0) is 22.8. The van der Waals surface area contributed by atoms with E-state index < -0.39 is 11.0 Å². The zero-order valence-electron chi connectivity index (χ0n) is 18.9. The second kappa shape index (κ2) is 9.50. The average Bonchev–Trinajstić information content (AvgIpc) is 3.52. The molecule has 5 rings (SSSR count). The summed E-state index contributed by atoms with van der Waals surface area (Å²) in [5.41, 5.74) is 3.61. The molecule has 2 atom stereocenters. The minimum Gasteiger partial charge on any atom is -0.346 e. The van der Waals surface area contributed by atoms with Crippen molar-refractivity contribution in [2.45, 2.75) is 31.3 Å². The molecule has 9 nitrogen and oxygen atoms in total. The molecule has 1 fully saturated rings. The Morgan fingerprint density at radius 2 is 2.00 bits per heavy atom. The number of hydrogen-bond acceptors (Lipinski definition) is 6. The molecule has 5 heterocycles. The van der Waals surface area contributed by atoms with Crippen LogP contribution in [0.1, 0.15) is 25.1 Å². The third-order valence-electron chi connectivity index (χ3n) is 6.15. The fourth-order valence-corrected chi connectivity index (χ4v) is 5.46. The number of fused-ring (bicyclic) bond motifs is 1. The van der Waals surface area contributed by atoms with Gasteiger partial charge in [0.05, 0.1) is 17.9 Å². The zero-order valence-corrected chi connectivity index (χ0v) is 19.7. The summed E-state index contributed by atoms with van der Waals surface area (Å²) in [4.78, 5) is 18.8. The van der Waals surface area contributed by atoms with E-state index in [1.165, 1.54) is 0 Å². The standard InChI is InChI=1S/C23H28N8OS/c1-3-19(31-14-18(13-27-31)22-20-7-8-24-23(20)26-16-25-22)15-29-9-11-30(12-10-29)33(32)21-6-4-5-17(2)28-21/h4-8,13-14,16,19H,3,9-12,15H2,1-2H3,(H,24,25,26). The monoisotopic (exact) mass is 464 g/mol. The van der Waals surface area contributed by atoms with E-state index in [9.17, 15) is 4.21 Å². The van der Waals surface area contributed by atoms with Crippen LogP contribution >= 0.6 is 0 Å². The van der Waals surface area contributed by atoms with Gasteiger partial charge in [0.2, 0.25) is 0 Å². The average molecular weight is 465 g/mol. The van der Waals surface area contributed by atoms with Crippen molar-refractivity contribution in [2.24, 2.45) is 0 Å². The van der Waals surface area contributed by atoms with Crippen LogP contribution in [0.2, 0.25) is 0 Å². The maximum atomic E-state index is 12.9. The van der Waals surface area contributed by atoms with E-state index in [0.717, 1.165) is 67.1 Å². The number of hydrogen-bond donors (Lipinski definition) is 1. The summed E-state index contributed by atoms with van der Waals surface area (Å²) in [5.74, 6) is 0. The Balaban J connectivity index is 1.23. The Bertz CT molecular complexity index is 1260. The van der Waals surface area contributed by atoms with Crippen LogP contribution in [0.3, 0.4) is 0 Å². The van der Waals surface area contributed by atoms with Crippen LogP contribution in [0.4, 0.5) is 0 Å². The molecular formula is C23H28N8OS. The first-order valence-electron chi connectivity index (χ1n) is 11.3. The maximum Gasteiger partial charge on any atom is 0.146 e. The van der Waals surface area contributed by atoms with Crippen molar-refractivity contribution in [3.63, 3.8) is 0 Å². The van der Waals surface area contributed by atoms with Crippen molar-refractivity contribution < 1.29 is 4.21 Å². The van der Waals surface area contributed by atoms with E-state index in [0.29, 0.717) is 5.03 Å². The van der Waals surface area contributed by atoms with Crippen LogP contribution in [0.15, 0.2) is 54.2 Å². The molecule has 0 aliphatic carbocycles. The van der Waals surface area contributed by atoms with Gasteiger partial charge < -0.3 is 4.98 Å². The Labute approximate surface area is 195 Å². The molecule has 0 bridgehead atoms. The summed E-state index contributed by atoms with van der Waals surface area (Å²) in [6.45, 7) is 8.29. The number of nitrogens with one attached hydrogen (secondary N) is 1. The van der Waals surface area contributed by atoms with Crippen molar-refractivity contribution in [3.8, 4) is 11.3 Å². The molecule has 0 aromatic carbocycles. The van der Waals surface area contributed by atoms with Crippen LogP contribution in [0.5, 0.6) is 0 Å². The second-order valence-corrected chi connectivity index (χ2v) is 9.76. The molecule has 0 spiro atoms. The SMILES string of the molecule is CCC(CN1CCN(S(=O)c2cccc(C)n2)CC1)n1cc(-c2ncnc3[nH]ccc23)cn1. The lowest BCUT2D eigenvalue weighted by atomic mass is 10.1. The highest BCUT2D eigenvalue weighted by Crippen LogP contribution is 2.26. The number of piperazine rings is 1. The van der Waals surface area contributed by atoms with E-state index in [1.54, 1.807) is 6.33 Å². The first-order valence-corrected chi connectivity index (χ1v) is 12.4. The lowest BCUT2D eigenvalue weighted by Crippen LogP contribution is -2.48. The summed E-state index contributed by atoms with van der Waals surface area (Å²) in [5, 5.41) is 6.30. The molecule has 4 aromatic rings. The minimum atomic E-state index is -1.21. The van der Waals surface area contributed by atoms with Gasteiger partial charge in [0.25, 0.3) is 0 Å². The molecule has 2 unspecified atom stereocenters. The Morgan fingerprint density at radius 1 is 1.15 bits per heavy atom. The molecule has 0 radical (unpaired) electrons. The van der Waals surface area contributed by atoms with Gasteiger partial charge in [0, 0.05) is 61.8 Å². The summed E-state index contributed by atoms with van der Waals surface area (Å²) in [6, 6.07) is 7.94. The van der Waals surface area contributed by atoms with Gasteiger partial charge in [-0.25, -0.2) is 23.5 Å². The van der Waals surface area contributed by atoms with E-state index >= 15 is 0 Å². The summed E-state index contributed by atoms with van der Waals surface area (Å²) in [6.07, 6.45) is 8.40. The summed E-state index contributed by atoms with van der Waals surface area (Å²) >= 11 is 0. The number of aromatic nitrogens is 6. The number of aromatic amines is 1. The smallest absolute Gasteiger partial charge is 0.146 e. The highest BCUT2D eigenvalue weighted by atomic mass is 32.2. The van der Waals surface area contributed by atoms with Crippen molar-refractivity contribution in [2.75, 3.05) is 32.7 Å². The Morgan fingerprint density at radius 3 is 2.79 bits per heavy atom. The largest absolute Gasteiger partial charge is 0.346 e. The lowest BCUT2D eigenvalue weighted by Gasteiger charge is -2.35. The van der Waals surface area contributed by atoms with Gasteiger partial charge in [-0.05, 0) is 31.5 Å². The van der Waals surface area contributed by atoms with Gasteiger partial charge in [0.1, 0.15) is 28.0 Å². The van der Waals surface area contributed by atoms with Crippen molar-refractivity contribution >= 4 is 22.0 Å². The van der Waals surface area contributed by atoms with Gasteiger partial charge >= 0.3 is 0 Å². The first-order chi connectivity index (χ1) is 16.1. The van der Waals surface area contributed by atoms with Crippen molar-refractivity contribution in [1.29, 1.82) is 0 Å². The van der Waals surface area contributed by atoms with Crippen LogP contribution in [-0.4, -0.2) is 75.9 Å². The molecule has 0 saturated carbocycles. The molecule has 1 aliphatic rings. The molecule has 1 saturated heterocycles. The van der Waals surface area contributed by atoms with Gasteiger partial charge in [-0.1, -0.05) is 13.0 Å². The molecule has 172 valence electrons. The molecule has 0 amide bonds. The third kappa shape index (κ3) is 4.59. The van der Waals surface area contributed by atoms with E-state index in [2.05, 4.69) is 47.7 Å². The second-order valence-electron chi connectivity index (χ2n) is 8.33. The number of rotatable bonds is 7. The van der Waals surface area contributed by atoms with Gasteiger partial charge in [-0.3, -0.25) is 9.58 Å². The Kier molecular flexibility index (Phi) is 6.30. The molecule has 1 aliphatic heterocycles. The molecule has 10 heteroatoms. The number of pyridine rings is 1. The molecular weight excluding hydrogens is 436 g/mol. The highest BCUT2D eigenvalue weighted by molar-refractivity contribution is 7.82. The molecule has 1 N–H and O–H groups in total. The fourth-order valence-electron chi connectivity index (χ4n) is 4.29. The lowest BCUT2D eigenvalue weighted by molar-refractivity contribution is 0.163. The van der Waals surface area contributed by atoms with E-state index in [-0.39, 0.29) is 6.04 Å². The van der Waals surface area contributed by atoms with Gasteiger partial charge in [0.15, 0.2) is 0 Å². The summed E-state index contributed by atoms with van der Waals surface area (Å²) < 4.78 is 17.0. The maximum absolute atomic E-state index is 12.9. The predicted octanol–water partition coefficient (Wildman–Crippen LogP) is 2.82. The quantitative estimate of drug-likeness (QED) is 0.452. The number of H-pyrrole nitrogens is 1. The predicted molar refractivity (Wildman–Crippen MR) is 128 cm³/mol. The van der Waals surface area contributed by atoms with Crippen LogP contribution in [-0.2, 0) is 11.0 Å². The Hall–Kier alpha value is -2.95. The normalized spacial score (nSPS) is 17.4. The van der Waals surface area contributed by atoms with Crippen LogP contribution < -0.4 is 0 Å². The number of aryl methyl sites for hydroxylation is 1. The topological polar surface area (TPSA) is 95.8 Å². The highest BCUT2D eigenvalue weighted by Gasteiger charge is 2.25. The minimum absolute atomic E-state index is 0.262. The van der Waals surface area contributed by atoms with Gasteiger partial charge in [-0.15, -0.1) is 0 Å². The van der Waals surface area contributed by atoms with Crippen LogP contribution in [0.25, 0.3) is 22.3 Å². The number of nitrogens with zero attached hydrogens (tertiary/aromatic N) is 7. The van der Waals surface area contributed by atoms with Gasteiger partial charge in [-0.2, -0.15) is 5.10 Å².